The van der Waals surface area contributed by atoms with Gasteiger partial charge in [-0.1, -0.05) is 6.92 Å². The van der Waals surface area contributed by atoms with Crippen molar-refractivity contribution in [3.63, 3.8) is 0 Å². The number of amides is 2. The molecule has 6 atom stereocenters. The van der Waals surface area contributed by atoms with Crippen LogP contribution in [0.4, 0.5) is 0 Å². The summed E-state index contributed by atoms with van der Waals surface area (Å²) in [7, 11) is 2.08. The second kappa shape index (κ2) is 10.8. The number of nitrogens with one attached hydrogen (secondary N) is 1. The molecule has 0 saturated carbocycles. The van der Waals surface area contributed by atoms with Crippen LogP contribution in [0.5, 0.6) is 0 Å². The van der Waals surface area contributed by atoms with E-state index in [9.17, 15) is 24.6 Å². The van der Waals surface area contributed by atoms with Crippen LogP contribution >= 0.6 is 23.5 Å². The van der Waals surface area contributed by atoms with Crippen LogP contribution in [-0.4, -0.2) is 117 Å². The fraction of sp³-hybridized carbons (Fsp3) is 0.783. The van der Waals surface area contributed by atoms with E-state index in [0.29, 0.717) is 12.5 Å². The number of hydrogen-bond acceptors (Lipinski definition) is 8. The molecule has 34 heavy (non-hydrogen) atoms. The molecule has 0 aromatic heterocycles. The predicted molar refractivity (Wildman–Crippen MR) is 133 cm³/mol. The standard InChI is InChI=1S/C23H36N4O5S2/c1-13-19-18(14(2)28)22(30)27(19)20(23(31)32)21(13)34-16-10-15(24-11-16)12-33-9-4-17(29)26-7-5-25(3)6-8-26/h13-16,18-19,24,28H,4-12H2,1-3H3,(H,31,32)/t13-,14-,15+,16+,18-,19?/m1/s1. The molecule has 0 aliphatic carbocycles. The topological polar surface area (TPSA) is 113 Å². The van der Waals surface area contributed by atoms with Crippen molar-refractivity contribution in [2.45, 2.75) is 50.1 Å². The van der Waals surface area contributed by atoms with Gasteiger partial charge < -0.3 is 30.2 Å². The van der Waals surface area contributed by atoms with Gasteiger partial charge in [-0.2, -0.15) is 11.8 Å². The van der Waals surface area contributed by atoms with Crippen molar-refractivity contribution >= 4 is 41.3 Å². The second-order valence-electron chi connectivity index (χ2n) is 9.86. The molecule has 3 saturated heterocycles. The van der Waals surface area contributed by atoms with E-state index in [2.05, 4.69) is 17.3 Å². The molecule has 0 spiro atoms. The molecule has 9 nitrogen and oxygen atoms in total. The molecule has 2 amide bonds. The van der Waals surface area contributed by atoms with Crippen molar-refractivity contribution in [2.75, 3.05) is 51.3 Å². The number of hydrogen-bond donors (Lipinski definition) is 3. The zero-order valence-electron chi connectivity index (χ0n) is 20.1. The highest BCUT2D eigenvalue weighted by Gasteiger charge is 2.60. The van der Waals surface area contributed by atoms with Gasteiger partial charge in [0.1, 0.15) is 5.70 Å². The summed E-state index contributed by atoms with van der Waals surface area (Å²) in [6, 6.07) is 0.0651. The Kier molecular flexibility index (Phi) is 8.18. The van der Waals surface area contributed by atoms with Gasteiger partial charge in [-0.3, -0.25) is 9.59 Å². The van der Waals surface area contributed by atoms with Crippen molar-refractivity contribution < 1.29 is 24.6 Å². The maximum absolute atomic E-state index is 12.5. The summed E-state index contributed by atoms with van der Waals surface area (Å²) in [6.07, 6.45) is 0.709. The Bertz CT molecular complexity index is 845. The molecule has 0 aromatic rings. The Labute approximate surface area is 209 Å². The van der Waals surface area contributed by atoms with Gasteiger partial charge in [-0.15, -0.1) is 11.8 Å². The lowest BCUT2D eigenvalue weighted by Gasteiger charge is -2.46. The fourth-order valence-electron chi connectivity index (χ4n) is 5.46. The summed E-state index contributed by atoms with van der Waals surface area (Å²) >= 11 is 3.37. The van der Waals surface area contributed by atoms with Crippen LogP contribution in [0.15, 0.2) is 10.6 Å². The number of nitrogens with zero attached hydrogens (tertiary/aromatic N) is 3. The predicted octanol–water partition coefficient (Wildman–Crippen LogP) is 0.501. The molecule has 0 radical (unpaired) electrons. The van der Waals surface area contributed by atoms with Crippen molar-refractivity contribution in [1.82, 2.24) is 20.0 Å². The first kappa shape index (κ1) is 25.8. The second-order valence-corrected chi connectivity index (χ2v) is 12.4. The quantitative estimate of drug-likeness (QED) is 0.300. The highest BCUT2D eigenvalue weighted by atomic mass is 32.2. The molecule has 3 fully saturated rings. The molecule has 1 unspecified atom stereocenters. The summed E-state index contributed by atoms with van der Waals surface area (Å²) in [6.45, 7) is 7.86. The largest absolute Gasteiger partial charge is 0.477 e. The number of piperazine rings is 1. The molecular formula is C23H36N4O5S2. The van der Waals surface area contributed by atoms with E-state index in [1.165, 1.54) is 4.90 Å². The third-order valence-corrected chi connectivity index (χ3v) is 10.1. The highest BCUT2D eigenvalue weighted by molar-refractivity contribution is 8.03. The van der Waals surface area contributed by atoms with Gasteiger partial charge >= 0.3 is 5.97 Å². The lowest BCUT2D eigenvalue weighted by atomic mass is 9.79. The van der Waals surface area contributed by atoms with E-state index in [1.54, 1.807) is 30.4 Å². The van der Waals surface area contributed by atoms with Crippen LogP contribution in [0.2, 0.25) is 0 Å². The minimum absolute atomic E-state index is 0.0950. The van der Waals surface area contributed by atoms with Gasteiger partial charge in [-0.05, 0) is 20.4 Å². The average Bonchev–Trinajstić information content (AvgIpc) is 3.32. The molecule has 4 aliphatic rings. The van der Waals surface area contributed by atoms with E-state index >= 15 is 0 Å². The minimum atomic E-state index is -1.07. The zero-order valence-corrected chi connectivity index (χ0v) is 21.7. The zero-order chi connectivity index (χ0) is 24.6. The Balaban J connectivity index is 1.24. The summed E-state index contributed by atoms with van der Waals surface area (Å²) < 4.78 is 0. The van der Waals surface area contributed by atoms with Crippen molar-refractivity contribution in [3.8, 4) is 0 Å². The molecule has 4 aliphatic heterocycles. The number of fused-ring (bicyclic) bond motifs is 1. The first-order valence-corrected chi connectivity index (χ1v) is 14.1. The van der Waals surface area contributed by atoms with Gasteiger partial charge in [0, 0.05) is 72.8 Å². The van der Waals surface area contributed by atoms with Crippen LogP contribution < -0.4 is 5.32 Å². The number of carboxylic acids is 1. The lowest BCUT2D eigenvalue weighted by Crippen LogP contribution is -2.63. The van der Waals surface area contributed by atoms with E-state index in [4.69, 9.17) is 0 Å². The van der Waals surface area contributed by atoms with Crippen LogP contribution in [0.25, 0.3) is 0 Å². The smallest absolute Gasteiger partial charge is 0.353 e. The summed E-state index contributed by atoms with van der Waals surface area (Å²) in [4.78, 5) is 43.2. The molecule has 4 heterocycles. The number of aliphatic hydroxyl groups excluding tert-OH is 1. The number of likely N-dealkylation sites (N-methyl/N-ethyl adjacent to an activating group) is 1. The van der Waals surface area contributed by atoms with E-state index < -0.39 is 18.0 Å². The van der Waals surface area contributed by atoms with Crippen molar-refractivity contribution in [3.05, 3.63) is 10.6 Å². The molecule has 0 bridgehead atoms. The SMILES string of the molecule is C[C@H]1C(S[C@@H]2CN[C@H](CSCCC(=O)N3CCN(C)CC3)C2)=C(C(=O)O)N2C(=O)[C@H]([C@@H](C)O)C12. The average molecular weight is 513 g/mol. The third kappa shape index (κ3) is 5.13. The molecule has 3 N–H and O–H groups in total. The normalized spacial score (nSPS) is 32.7. The fourth-order valence-corrected chi connectivity index (χ4v) is 8.00. The molecule has 0 aromatic carbocycles. The van der Waals surface area contributed by atoms with Gasteiger partial charge in [0.15, 0.2) is 0 Å². The highest BCUT2D eigenvalue weighted by Crippen LogP contribution is 2.51. The third-order valence-electron chi connectivity index (χ3n) is 7.42. The number of rotatable bonds is 9. The number of thioether (sulfide) groups is 2. The lowest BCUT2D eigenvalue weighted by molar-refractivity contribution is -0.163. The Morgan fingerprint density at radius 2 is 1.94 bits per heavy atom. The number of carbonyl (C=O) groups is 3. The first-order chi connectivity index (χ1) is 16.2. The Morgan fingerprint density at radius 3 is 2.59 bits per heavy atom. The maximum atomic E-state index is 12.5. The van der Waals surface area contributed by atoms with E-state index in [1.807, 2.05) is 11.8 Å². The Morgan fingerprint density at radius 1 is 1.24 bits per heavy atom. The van der Waals surface area contributed by atoms with Crippen LogP contribution in [-0.2, 0) is 14.4 Å². The Hall–Kier alpha value is -1.27. The van der Waals surface area contributed by atoms with Crippen LogP contribution in [0.3, 0.4) is 0 Å². The summed E-state index contributed by atoms with van der Waals surface area (Å²) in [5.74, 6) is -0.00518. The van der Waals surface area contributed by atoms with Gasteiger partial charge in [0.05, 0.1) is 18.1 Å². The minimum Gasteiger partial charge on any atom is -0.477 e. The van der Waals surface area contributed by atoms with Crippen molar-refractivity contribution in [2.24, 2.45) is 11.8 Å². The molecular weight excluding hydrogens is 476 g/mol. The summed E-state index contributed by atoms with van der Waals surface area (Å²) in [5.41, 5.74) is 0.102. The number of β-lactam (4-membered cyclic amide) rings is 1. The number of aliphatic carboxylic acids is 1. The van der Waals surface area contributed by atoms with Crippen LogP contribution in [0, 0.1) is 11.8 Å². The monoisotopic (exact) mass is 512 g/mol. The maximum Gasteiger partial charge on any atom is 0.353 e. The summed E-state index contributed by atoms with van der Waals surface area (Å²) in [5, 5.41) is 23.6. The first-order valence-electron chi connectivity index (χ1n) is 12.1. The number of aliphatic hydroxyl groups is 1. The van der Waals surface area contributed by atoms with E-state index in [0.717, 1.165) is 55.6 Å². The number of carbonyl (C=O) groups excluding carboxylic acids is 2. The molecule has 190 valence electrons. The van der Waals surface area contributed by atoms with Crippen LogP contribution in [0.1, 0.15) is 26.7 Å². The number of carboxylic acid groups (broad SMARTS) is 1. The van der Waals surface area contributed by atoms with Gasteiger partial charge in [0.2, 0.25) is 11.8 Å². The molecule has 11 heteroatoms. The molecule has 4 rings (SSSR count). The van der Waals surface area contributed by atoms with Gasteiger partial charge in [-0.25, -0.2) is 4.79 Å². The van der Waals surface area contributed by atoms with Crippen molar-refractivity contribution in [1.29, 1.82) is 0 Å². The van der Waals surface area contributed by atoms with Gasteiger partial charge in [0.25, 0.3) is 0 Å². The van der Waals surface area contributed by atoms with E-state index in [-0.39, 0.29) is 34.7 Å².